The lowest BCUT2D eigenvalue weighted by atomic mass is 9.96. The first-order valence-electron chi connectivity index (χ1n) is 6.98. The van der Waals surface area contributed by atoms with E-state index < -0.39 is 0 Å². The zero-order valence-corrected chi connectivity index (χ0v) is 11.8. The number of rotatable bonds is 2. The summed E-state index contributed by atoms with van der Waals surface area (Å²) in [6, 6.07) is 2.09. The molecule has 0 spiro atoms. The summed E-state index contributed by atoms with van der Waals surface area (Å²) in [6.45, 7) is 4.03. The van der Waals surface area contributed by atoms with Crippen LogP contribution in [0.5, 0.6) is 0 Å². The van der Waals surface area contributed by atoms with Crippen molar-refractivity contribution in [2.24, 2.45) is 5.92 Å². The second-order valence-electron chi connectivity index (χ2n) is 5.22. The lowest BCUT2D eigenvalue weighted by Gasteiger charge is -2.36. The lowest BCUT2D eigenvalue weighted by molar-refractivity contribution is -0.144. The van der Waals surface area contributed by atoms with Gasteiger partial charge in [0.1, 0.15) is 6.10 Å². The van der Waals surface area contributed by atoms with Gasteiger partial charge in [-0.05, 0) is 48.3 Å². The molecule has 0 radical (unpaired) electrons. The van der Waals surface area contributed by atoms with Crippen molar-refractivity contribution >= 4 is 17.2 Å². The lowest BCUT2D eigenvalue weighted by Crippen LogP contribution is -2.46. The van der Waals surface area contributed by atoms with E-state index in [9.17, 15) is 4.79 Å². The van der Waals surface area contributed by atoms with Gasteiger partial charge in [0.05, 0.1) is 13.2 Å². The fourth-order valence-corrected chi connectivity index (χ4v) is 3.54. The number of ether oxygens (including phenoxy) is 1. The highest BCUT2D eigenvalue weighted by Gasteiger charge is 2.30. The first kappa shape index (κ1) is 13.1. The van der Waals surface area contributed by atoms with Crippen molar-refractivity contribution in [3.8, 4) is 0 Å². The molecule has 0 saturated carbocycles. The summed E-state index contributed by atoms with van der Waals surface area (Å²) in [6.07, 6.45) is 2.00. The van der Waals surface area contributed by atoms with Crippen LogP contribution in [0, 0.1) is 5.92 Å². The Morgan fingerprint density at radius 3 is 3.00 bits per heavy atom. The molecule has 0 aromatic carbocycles. The molecule has 2 aliphatic heterocycles. The predicted octanol–water partition coefficient (Wildman–Crippen LogP) is 1.65. The van der Waals surface area contributed by atoms with Gasteiger partial charge >= 0.3 is 0 Å². The van der Waals surface area contributed by atoms with E-state index in [1.54, 1.807) is 11.3 Å². The minimum atomic E-state index is 0.0608. The third kappa shape index (κ3) is 2.99. The molecule has 2 saturated heterocycles. The summed E-state index contributed by atoms with van der Waals surface area (Å²) in [5.74, 6) is 0.535. The van der Waals surface area contributed by atoms with Gasteiger partial charge in [-0.25, -0.2) is 0 Å². The fraction of sp³-hybridized carbons (Fsp3) is 0.643. The van der Waals surface area contributed by atoms with Crippen molar-refractivity contribution in [3.05, 3.63) is 22.4 Å². The molecule has 1 N–H and O–H groups in total. The van der Waals surface area contributed by atoms with Gasteiger partial charge in [-0.2, -0.15) is 11.3 Å². The van der Waals surface area contributed by atoms with Gasteiger partial charge < -0.3 is 15.0 Å². The van der Waals surface area contributed by atoms with Crippen molar-refractivity contribution in [3.63, 3.8) is 0 Å². The Labute approximate surface area is 117 Å². The van der Waals surface area contributed by atoms with Crippen LogP contribution in [0.25, 0.3) is 0 Å². The summed E-state index contributed by atoms with van der Waals surface area (Å²) in [5.41, 5.74) is 1.20. The second kappa shape index (κ2) is 6.03. The van der Waals surface area contributed by atoms with Gasteiger partial charge in [-0.15, -0.1) is 0 Å². The van der Waals surface area contributed by atoms with Crippen LogP contribution >= 0.6 is 11.3 Å². The third-order valence-corrected chi connectivity index (χ3v) is 4.68. The average molecular weight is 280 g/mol. The molecule has 2 aliphatic rings. The van der Waals surface area contributed by atoms with E-state index in [2.05, 4.69) is 22.1 Å². The van der Waals surface area contributed by atoms with Gasteiger partial charge in [-0.3, -0.25) is 4.79 Å². The molecule has 0 aliphatic carbocycles. The maximum atomic E-state index is 12.5. The van der Waals surface area contributed by atoms with Crippen LogP contribution in [0.3, 0.4) is 0 Å². The zero-order chi connectivity index (χ0) is 13.1. The van der Waals surface area contributed by atoms with Crippen molar-refractivity contribution in [1.82, 2.24) is 10.2 Å². The molecular weight excluding hydrogens is 260 g/mol. The summed E-state index contributed by atoms with van der Waals surface area (Å²) in [5, 5.41) is 7.49. The summed E-state index contributed by atoms with van der Waals surface area (Å²) in [4.78, 5) is 14.5. The van der Waals surface area contributed by atoms with E-state index in [4.69, 9.17) is 4.74 Å². The van der Waals surface area contributed by atoms with Crippen LogP contribution in [0.1, 0.15) is 24.5 Å². The minimum absolute atomic E-state index is 0.0608. The molecule has 19 heavy (non-hydrogen) atoms. The number of hydrogen-bond acceptors (Lipinski definition) is 4. The van der Waals surface area contributed by atoms with E-state index in [-0.39, 0.29) is 12.0 Å². The quantitative estimate of drug-likeness (QED) is 0.895. The molecule has 5 heteroatoms. The SMILES string of the molecule is O=C(C1CCNCC1)N1CCOC(c2ccsc2)C1. The van der Waals surface area contributed by atoms with Crippen LogP contribution in [0.15, 0.2) is 16.8 Å². The first-order valence-corrected chi connectivity index (χ1v) is 7.92. The number of hydrogen-bond donors (Lipinski definition) is 1. The molecule has 1 unspecified atom stereocenters. The largest absolute Gasteiger partial charge is 0.370 e. The standard InChI is InChI=1S/C14H20N2O2S/c17-14(11-1-4-15-5-2-11)16-6-7-18-13(9-16)12-3-8-19-10-12/h3,8,10-11,13,15H,1-2,4-7,9H2. The third-order valence-electron chi connectivity index (χ3n) is 3.98. The predicted molar refractivity (Wildman–Crippen MR) is 75.2 cm³/mol. The molecule has 1 aromatic rings. The highest BCUT2D eigenvalue weighted by Crippen LogP contribution is 2.26. The Kier molecular flexibility index (Phi) is 4.15. The number of carbonyl (C=O) groups excluding carboxylic acids is 1. The van der Waals surface area contributed by atoms with E-state index in [0.29, 0.717) is 19.1 Å². The highest BCUT2D eigenvalue weighted by atomic mass is 32.1. The van der Waals surface area contributed by atoms with Gasteiger partial charge in [0.25, 0.3) is 0 Å². The number of nitrogens with zero attached hydrogens (tertiary/aromatic N) is 1. The van der Waals surface area contributed by atoms with Gasteiger partial charge in [0.15, 0.2) is 0 Å². The van der Waals surface area contributed by atoms with Crippen LogP contribution in [0.4, 0.5) is 0 Å². The number of piperidine rings is 1. The average Bonchev–Trinajstić information content (AvgIpc) is 3.02. The Morgan fingerprint density at radius 1 is 1.42 bits per heavy atom. The molecule has 1 amide bonds. The maximum absolute atomic E-state index is 12.5. The Bertz CT molecular complexity index is 415. The van der Waals surface area contributed by atoms with Crippen molar-refractivity contribution in [2.75, 3.05) is 32.8 Å². The first-order chi connectivity index (χ1) is 9.34. The van der Waals surface area contributed by atoms with Gasteiger partial charge in [0, 0.05) is 12.5 Å². The maximum Gasteiger partial charge on any atom is 0.225 e. The van der Waals surface area contributed by atoms with Gasteiger partial charge in [0.2, 0.25) is 5.91 Å². The summed E-state index contributed by atoms with van der Waals surface area (Å²) in [7, 11) is 0. The van der Waals surface area contributed by atoms with Crippen LogP contribution in [0.2, 0.25) is 0 Å². The fourth-order valence-electron chi connectivity index (χ4n) is 2.84. The molecule has 0 bridgehead atoms. The Balaban J connectivity index is 1.62. The molecular formula is C14H20N2O2S. The molecule has 2 fully saturated rings. The van der Waals surface area contributed by atoms with E-state index >= 15 is 0 Å². The van der Waals surface area contributed by atoms with Crippen molar-refractivity contribution in [1.29, 1.82) is 0 Å². The van der Waals surface area contributed by atoms with E-state index in [0.717, 1.165) is 32.5 Å². The number of nitrogens with one attached hydrogen (secondary N) is 1. The molecule has 3 rings (SSSR count). The van der Waals surface area contributed by atoms with E-state index in [1.165, 1.54) is 5.56 Å². The Morgan fingerprint density at radius 2 is 2.26 bits per heavy atom. The highest BCUT2D eigenvalue weighted by molar-refractivity contribution is 7.07. The molecule has 1 aromatic heterocycles. The number of thiophene rings is 1. The van der Waals surface area contributed by atoms with Gasteiger partial charge in [-0.1, -0.05) is 0 Å². The Hall–Kier alpha value is -0.910. The molecule has 1 atom stereocenters. The molecule has 3 heterocycles. The molecule has 4 nitrogen and oxygen atoms in total. The summed E-state index contributed by atoms with van der Waals surface area (Å²) >= 11 is 1.68. The normalized spacial score (nSPS) is 25.5. The van der Waals surface area contributed by atoms with Crippen LogP contribution < -0.4 is 5.32 Å². The van der Waals surface area contributed by atoms with Crippen molar-refractivity contribution < 1.29 is 9.53 Å². The van der Waals surface area contributed by atoms with Crippen molar-refractivity contribution in [2.45, 2.75) is 18.9 Å². The van der Waals surface area contributed by atoms with E-state index in [1.807, 2.05) is 4.90 Å². The number of morpholine rings is 1. The monoisotopic (exact) mass is 280 g/mol. The number of amides is 1. The second-order valence-corrected chi connectivity index (χ2v) is 6.00. The number of carbonyl (C=O) groups is 1. The van der Waals surface area contributed by atoms with Crippen LogP contribution in [-0.2, 0) is 9.53 Å². The summed E-state index contributed by atoms with van der Waals surface area (Å²) < 4.78 is 5.79. The molecule has 104 valence electrons. The van der Waals surface area contributed by atoms with Crippen LogP contribution in [-0.4, -0.2) is 43.6 Å². The smallest absolute Gasteiger partial charge is 0.225 e. The topological polar surface area (TPSA) is 41.6 Å². The zero-order valence-electron chi connectivity index (χ0n) is 11.0. The minimum Gasteiger partial charge on any atom is -0.370 e.